The number of rotatable bonds is 8. The summed E-state index contributed by atoms with van der Waals surface area (Å²) in [7, 11) is 2.29. The van der Waals surface area contributed by atoms with Crippen LogP contribution in [0, 0.1) is 0 Å². The Kier molecular flexibility index (Phi) is 6.45. The smallest absolute Gasteiger partial charge is 0.337 e. The van der Waals surface area contributed by atoms with Crippen molar-refractivity contribution >= 4 is 27.0 Å². The molecule has 160 valence electrons. The van der Waals surface area contributed by atoms with Crippen LogP contribution in [0.3, 0.4) is 0 Å². The van der Waals surface area contributed by atoms with E-state index in [1.165, 1.54) is 32.4 Å². The average Bonchev–Trinajstić information content (AvgIpc) is 3.16. The van der Waals surface area contributed by atoms with Crippen LogP contribution in [0.25, 0.3) is 11.0 Å². The van der Waals surface area contributed by atoms with E-state index in [9.17, 15) is 13.2 Å². The fourth-order valence-corrected chi connectivity index (χ4v) is 4.33. The molecule has 0 amide bonds. The van der Waals surface area contributed by atoms with Gasteiger partial charge in [0.1, 0.15) is 22.0 Å². The van der Waals surface area contributed by atoms with Gasteiger partial charge in [-0.2, -0.15) is 0 Å². The van der Waals surface area contributed by atoms with Crippen molar-refractivity contribution < 1.29 is 27.1 Å². The molecule has 0 aliphatic heterocycles. The fraction of sp³-hybridized carbons (Fsp3) is 0.286. The van der Waals surface area contributed by atoms with Gasteiger partial charge in [-0.1, -0.05) is 18.2 Å². The van der Waals surface area contributed by atoms with Crippen molar-refractivity contribution in [3.05, 3.63) is 59.9 Å². The van der Waals surface area contributed by atoms with Crippen LogP contribution in [0.4, 0.5) is 0 Å². The number of hydrogen-bond acceptors (Lipinski definition) is 7. The Morgan fingerprint density at radius 2 is 1.87 bits per heavy atom. The molecule has 3 aromatic rings. The average molecular weight is 432 g/mol. The van der Waals surface area contributed by atoms with Gasteiger partial charge in [0.05, 0.1) is 25.8 Å². The second-order valence-corrected chi connectivity index (χ2v) is 8.61. The summed E-state index contributed by atoms with van der Waals surface area (Å²) in [6.45, 7) is 0.0563. The van der Waals surface area contributed by atoms with Crippen molar-refractivity contribution in [2.24, 2.45) is 0 Å². The topological polar surface area (TPSA) is 98.1 Å². The van der Waals surface area contributed by atoms with Gasteiger partial charge < -0.3 is 13.9 Å². The molecule has 0 saturated carbocycles. The Bertz CT molecular complexity index is 1120. The van der Waals surface area contributed by atoms with Crippen LogP contribution in [0.1, 0.15) is 22.2 Å². The summed E-state index contributed by atoms with van der Waals surface area (Å²) in [5.41, 5.74) is 0.842. The molecule has 0 spiro atoms. The van der Waals surface area contributed by atoms with Gasteiger partial charge >= 0.3 is 5.97 Å². The zero-order valence-electron chi connectivity index (χ0n) is 17.2. The van der Waals surface area contributed by atoms with Crippen LogP contribution in [0.2, 0.25) is 0 Å². The van der Waals surface area contributed by atoms with Crippen LogP contribution in [-0.4, -0.2) is 54.1 Å². The predicted molar refractivity (Wildman–Crippen MR) is 112 cm³/mol. The minimum absolute atomic E-state index is 0.0563. The molecule has 1 heterocycles. The number of nitrogens with one attached hydrogen (secondary N) is 1. The van der Waals surface area contributed by atoms with Crippen molar-refractivity contribution in [2.45, 2.75) is 10.9 Å². The normalized spacial score (nSPS) is 12.8. The summed E-state index contributed by atoms with van der Waals surface area (Å²) in [6.07, 6.45) is 0. The first-order valence-electron chi connectivity index (χ1n) is 9.17. The Morgan fingerprint density at radius 3 is 2.50 bits per heavy atom. The molecular weight excluding hydrogens is 408 g/mol. The van der Waals surface area contributed by atoms with Gasteiger partial charge in [0.15, 0.2) is 0 Å². The van der Waals surface area contributed by atoms with E-state index in [0.717, 1.165) is 11.0 Å². The van der Waals surface area contributed by atoms with E-state index in [0.29, 0.717) is 5.76 Å². The van der Waals surface area contributed by atoms with Crippen molar-refractivity contribution in [2.75, 3.05) is 34.9 Å². The van der Waals surface area contributed by atoms with Crippen molar-refractivity contribution in [1.82, 2.24) is 9.62 Å². The lowest BCUT2D eigenvalue weighted by atomic mass is 10.2. The third-order valence-electron chi connectivity index (χ3n) is 4.74. The van der Waals surface area contributed by atoms with E-state index in [1.54, 1.807) is 0 Å². The molecule has 0 aliphatic carbocycles. The van der Waals surface area contributed by atoms with Crippen molar-refractivity contribution in [3.63, 3.8) is 0 Å². The number of esters is 1. The predicted octanol–water partition coefficient (Wildman–Crippen LogP) is 2.81. The van der Waals surface area contributed by atoms with Crippen LogP contribution < -0.4 is 9.46 Å². The molecule has 0 bridgehead atoms. The molecule has 1 aromatic heterocycles. The third-order valence-corrected chi connectivity index (χ3v) is 6.18. The number of para-hydroxylation sites is 1. The molecule has 9 heteroatoms. The summed E-state index contributed by atoms with van der Waals surface area (Å²) < 4.78 is 44.4. The molecule has 30 heavy (non-hydrogen) atoms. The van der Waals surface area contributed by atoms with E-state index in [-0.39, 0.29) is 28.8 Å². The Labute approximate surface area is 175 Å². The zero-order chi connectivity index (χ0) is 21.9. The van der Waals surface area contributed by atoms with Crippen LogP contribution >= 0.6 is 0 Å². The largest absolute Gasteiger partial charge is 0.495 e. The summed E-state index contributed by atoms with van der Waals surface area (Å²) in [4.78, 5) is 13.5. The molecule has 0 radical (unpaired) electrons. The number of benzene rings is 2. The minimum Gasteiger partial charge on any atom is -0.495 e. The van der Waals surface area contributed by atoms with Gasteiger partial charge in [0, 0.05) is 11.9 Å². The second kappa shape index (κ2) is 8.86. The quantitative estimate of drug-likeness (QED) is 0.547. The minimum atomic E-state index is -3.99. The monoisotopic (exact) mass is 432 g/mol. The van der Waals surface area contributed by atoms with Gasteiger partial charge in [0.25, 0.3) is 0 Å². The number of furan rings is 1. The van der Waals surface area contributed by atoms with Gasteiger partial charge in [-0.15, -0.1) is 0 Å². The Balaban J connectivity index is 1.89. The Hall–Kier alpha value is -2.88. The molecule has 8 nitrogen and oxygen atoms in total. The van der Waals surface area contributed by atoms with Gasteiger partial charge in [-0.05, 0) is 44.4 Å². The molecule has 0 unspecified atom stereocenters. The van der Waals surface area contributed by atoms with Crippen molar-refractivity contribution in [1.29, 1.82) is 0 Å². The highest BCUT2D eigenvalue weighted by Gasteiger charge is 2.26. The molecule has 0 aliphatic rings. The highest BCUT2D eigenvalue weighted by molar-refractivity contribution is 7.89. The molecule has 0 fully saturated rings. The summed E-state index contributed by atoms with van der Waals surface area (Å²) in [6, 6.07) is 13.2. The number of methoxy groups -OCH3 is 2. The number of hydrogen-bond donors (Lipinski definition) is 1. The summed E-state index contributed by atoms with van der Waals surface area (Å²) in [5.74, 6) is 0.127. The van der Waals surface area contributed by atoms with Crippen LogP contribution in [-0.2, 0) is 14.8 Å². The van der Waals surface area contributed by atoms with E-state index < -0.39 is 16.0 Å². The first kappa shape index (κ1) is 21.8. The lowest BCUT2D eigenvalue weighted by Crippen LogP contribution is -2.34. The summed E-state index contributed by atoms with van der Waals surface area (Å²) >= 11 is 0. The number of fused-ring (bicyclic) bond motifs is 1. The van der Waals surface area contributed by atoms with Gasteiger partial charge in [0.2, 0.25) is 10.0 Å². The second-order valence-electron chi connectivity index (χ2n) is 6.88. The van der Waals surface area contributed by atoms with Gasteiger partial charge in [-0.3, -0.25) is 4.90 Å². The highest BCUT2D eigenvalue weighted by atomic mass is 32.2. The molecule has 1 atom stereocenters. The van der Waals surface area contributed by atoms with E-state index in [4.69, 9.17) is 9.15 Å². The maximum atomic E-state index is 13.0. The molecule has 2 aromatic carbocycles. The third kappa shape index (κ3) is 4.48. The highest BCUT2D eigenvalue weighted by Crippen LogP contribution is 2.28. The molecule has 0 saturated heterocycles. The maximum Gasteiger partial charge on any atom is 0.337 e. The van der Waals surface area contributed by atoms with Crippen LogP contribution in [0.15, 0.2) is 57.8 Å². The number of nitrogens with zero attached hydrogens (tertiary/aromatic N) is 1. The molecule has 3 rings (SSSR count). The Morgan fingerprint density at radius 1 is 1.13 bits per heavy atom. The molecule has 1 N–H and O–H groups in total. The van der Waals surface area contributed by atoms with Gasteiger partial charge in [-0.25, -0.2) is 17.9 Å². The number of sulfonamides is 1. The zero-order valence-corrected chi connectivity index (χ0v) is 18.0. The molecular formula is C21H24N2O6S. The lowest BCUT2D eigenvalue weighted by Gasteiger charge is -2.23. The SMILES string of the molecule is COC(=O)c1ccc(OC)c(S(=O)(=O)NC[C@@H](c2cc3ccccc3o2)N(C)C)c1. The van der Waals surface area contributed by atoms with E-state index in [2.05, 4.69) is 9.46 Å². The number of ether oxygens (including phenoxy) is 2. The van der Waals surface area contributed by atoms with E-state index >= 15 is 0 Å². The van der Waals surface area contributed by atoms with Crippen LogP contribution in [0.5, 0.6) is 5.75 Å². The maximum absolute atomic E-state index is 13.0. The number of likely N-dealkylation sites (N-methyl/N-ethyl adjacent to an activating group) is 1. The van der Waals surface area contributed by atoms with E-state index in [1.807, 2.05) is 49.3 Å². The standard InChI is InChI=1S/C21H24N2O6S/c1-23(2)16(19-11-14-7-5-6-8-17(14)29-19)13-22-30(25,26)20-12-15(21(24)28-4)9-10-18(20)27-3/h5-12,16,22H,13H2,1-4H3/t16-/m0/s1. The first-order chi connectivity index (χ1) is 14.3. The first-order valence-corrected chi connectivity index (χ1v) is 10.7. The lowest BCUT2D eigenvalue weighted by molar-refractivity contribution is 0.0600. The number of carbonyl (C=O) groups excluding carboxylic acids is 1. The fourth-order valence-electron chi connectivity index (χ4n) is 3.10. The summed E-state index contributed by atoms with van der Waals surface area (Å²) in [5, 5.41) is 0.939. The number of carbonyl (C=O) groups is 1. The van der Waals surface area contributed by atoms with Crippen molar-refractivity contribution in [3.8, 4) is 5.75 Å².